The summed E-state index contributed by atoms with van der Waals surface area (Å²) in [6, 6.07) is 1.21. The fraction of sp³-hybridized carbons (Fsp3) is 0.417. The molecule has 0 saturated heterocycles. The SMILES string of the molecule is CCCc1nnsc1C(=O)NCCc1nc(N)cc(=O)[nH]1. The van der Waals surface area contributed by atoms with Crippen LogP contribution < -0.4 is 16.6 Å². The molecule has 0 unspecified atom stereocenters. The fourth-order valence-corrected chi connectivity index (χ4v) is 2.43. The highest BCUT2D eigenvalue weighted by molar-refractivity contribution is 7.08. The number of H-pyrrole nitrogens is 1. The van der Waals surface area contributed by atoms with Gasteiger partial charge in [0, 0.05) is 19.0 Å². The highest BCUT2D eigenvalue weighted by atomic mass is 32.1. The number of aryl methyl sites for hydroxylation is 1. The van der Waals surface area contributed by atoms with Gasteiger partial charge in [0.2, 0.25) is 0 Å². The van der Waals surface area contributed by atoms with Gasteiger partial charge in [-0.1, -0.05) is 17.8 Å². The molecule has 0 aromatic carbocycles. The predicted molar refractivity (Wildman–Crippen MR) is 79.2 cm³/mol. The summed E-state index contributed by atoms with van der Waals surface area (Å²) in [5, 5.41) is 6.71. The second-order valence-electron chi connectivity index (χ2n) is 4.42. The topological polar surface area (TPSA) is 127 Å². The van der Waals surface area contributed by atoms with Crippen molar-refractivity contribution >= 4 is 23.3 Å². The van der Waals surface area contributed by atoms with Crippen LogP contribution in [-0.4, -0.2) is 32.0 Å². The van der Waals surface area contributed by atoms with Crippen LogP contribution in [0.15, 0.2) is 10.9 Å². The Bertz CT molecular complexity index is 680. The third kappa shape index (κ3) is 4.09. The smallest absolute Gasteiger partial charge is 0.264 e. The molecule has 0 aliphatic rings. The molecule has 21 heavy (non-hydrogen) atoms. The predicted octanol–water partition coefficient (Wildman–Crippen LogP) is 0.129. The lowest BCUT2D eigenvalue weighted by atomic mass is 10.2. The van der Waals surface area contributed by atoms with E-state index in [1.807, 2.05) is 6.92 Å². The summed E-state index contributed by atoms with van der Waals surface area (Å²) in [5.74, 6) is 0.396. The Hall–Kier alpha value is -2.29. The quantitative estimate of drug-likeness (QED) is 0.696. The van der Waals surface area contributed by atoms with Crippen LogP contribution in [0.3, 0.4) is 0 Å². The molecule has 0 aliphatic heterocycles. The molecule has 2 rings (SSSR count). The lowest BCUT2D eigenvalue weighted by Crippen LogP contribution is -2.27. The van der Waals surface area contributed by atoms with Gasteiger partial charge in [0.15, 0.2) is 0 Å². The van der Waals surface area contributed by atoms with Crippen molar-refractivity contribution in [1.29, 1.82) is 0 Å². The van der Waals surface area contributed by atoms with Gasteiger partial charge in [-0.25, -0.2) is 4.98 Å². The van der Waals surface area contributed by atoms with Crippen LogP contribution in [0.25, 0.3) is 0 Å². The lowest BCUT2D eigenvalue weighted by Gasteiger charge is -2.04. The molecule has 0 radical (unpaired) electrons. The van der Waals surface area contributed by atoms with E-state index in [4.69, 9.17) is 5.73 Å². The van der Waals surface area contributed by atoms with Crippen molar-refractivity contribution in [3.05, 3.63) is 32.8 Å². The minimum atomic E-state index is -0.305. The summed E-state index contributed by atoms with van der Waals surface area (Å²) in [4.78, 5) is 30.4. The van der Waals surface area contributed by atoms with E-state index in [2.05, 4.69) is 24.9 Å². The van der Waals surface area contributed by atoms with Crippen molar-refractivity contribution in [2.75, 3.05) is 12.3 Å². The molecule has 8 nitrogen and oxygen atoms in total. The molecular weight excluding hydrogens is 292 g/mol. The van der Waals surface area contributed by atoms with Crippen LogP contribution in [0.1, 0.15) is 34.5 Å². The van der Waals surface area contributed by atoms with Gasteiger partial charge in [0.1, 0.15) is 16.5 Å². The Kier molecular flexibility index (Phi) is 4.99. The van der Waals surface area contributed by atoms with Crippen molar-refractivity contribution < 1.29 is 4.79 Å². The number of anilines is 1. The van der Waals surface area contributed by atoms with E-state index in [9.17, 15) is 9.59 Å². The van der Waals surface area contributed by atoms with E-state index in [1.165, 1.54) is 6.07 Å². The van der Waals surface area contributed by atoms with Gasteiger partial charge in [0.05, 0.1) is 5.69 Å². The minimum Gasteiger partial charge on any atom is -0.383 e. The van der Waals surface area contributed by atoms with Gasteiger partial charge in [-0.3, -0.25) is 9.59 Å². The summed E-state index contributed by atoms with van der Waals surface area (Å²) in [5.41, 5.74) is 5.90. The molecule has 0 bridgehead atoms. The van der Waals surface area contributed by atoms with Gasteiger partial charge >= 0.3 is 0 Å². The maximum Gasteiger partial charge on any atom is 0.264 e. The molecule has 2 aromatic heterocycles. The zero-order valence-corrected chi connectivity index (χ0v) is 12.4. The van der Waals surface area contributed by atoms with Gasteiger partial charge in [-0.15, -0.1) is 5.10 Å². The highest BCUT2D eigenvalue weighted by Crippen LogP contribution is 2.12. The van der Waals surface area contributed by atoms with E-state index in [0.29, 0.717) is 23.7 Å². The number of hydrogen-bond donors (Lipinski definition) is 3. The first-order valence-corrected chi connectivity index (χ1v) is 7.32. The summed E-state index contributed by atoms with van der Waals surface area (Å²) < 4.78 is 3.81. The third-order valence-corrected chi connectivity index (χ3v) is 3.47. The highest BCUT2D eigenvalue weighted by Gasteiger charge is 2.15. The normalized spacial score (nSPS) is 10.5. The number of aromatic amines is 1. The number of nitrogens with two attached hydrogens (primary N) is 1. The van der Waals surface area contributed by atoms with Crippen LogP contribution >= 0.6 is 11.5 Å². The summed E-state index contributed by atoms with van der Waals surface area (Å²) in [6.07, 6.45) is 2.02. The molecule has 0 spiro atoms. The number of nitrogens with zero attached hydrogens (tertiary/aromatic N) is 3. The zero-order chi connectivity index (χ0) is 15.2. The number of nitrogen functional groups attached to an aromatic ring is 1. The Morgan fingerprint density at radius 1 is 1.48 bits per heavy atom. The van der Waals surface area contributed by atoms with Crippen LogP contribution in [0.4, 0.5) is 5.82 Å². The summed E-state index contributed by atoms with van der Waals surface area (Å²) in [7, 11) is 0. The number of amides is 1. The molecule has 1 amide bonds. The molecule has 0 saturated carbocycles. The zero-order valence-electron chi connectivity index (χ0n) is 11.5. The van der Waals surface area contributed by atoms with E-state index >= 15 is 0 Å². The average molecular weight is 308 g/mol. The molecular formula is C12H16N6O2S. The Labute approximate surface area is 125 Å². The Morgan fingerprint density at radius 2 is 2.29 bits per heavy atom. The van der Waals surface area contributed by atoms with Crippen molar-refractivity contribution in [3.8, 4) is 0 Å². The Morgan fingerprint density at radius 3 is 3.00 bits per heavy atom. The fourth-order valence-electron chi connectivity index (χ4n) is 1.80. The maximum atomic E-state index is 12.0. The van der Waals surface area contributed by atoms with Crippen LogP contribution in [0, 0.1) is 0 Å². The molecule has 2 aromatic rings. The van der Waals surface area contributed by atoms with Gasteiger partial charge in [-0.2, -0.15) is 0 Å². The monoisotopic (exact) mass is 308 g/mol. The molecule has 0 fully saturated rings. The van der Waals surface area contributed by atoms with Crippen LogP contribution in [-0.2, 0) is 12.8 Å². The van der Waals surface area contributed by atoms with Gasteiger partial charge in [0.25, 0.3) is 11.5 Å². The lowest BCUT2D eigenvalue weighted by molar-refractivity contribution is 0.0957. The number of carbonyl (C=O) groups excluding carboxylic acids is 1. The van der Waals surface area contributed by atoms with Crippen molar-refractivity contribution in [2.24, 2.45) is 0 Å². The largest absolute Gasteiger partial charge is 0.383 e. The van der Waals surface area contributed by atoms with Crippen LogP contribution in [0.5, 0.6) is 0 Å². The minimum absolute atomic E-state index is 0.164. The van der Waals surface area contributed by atoms with Crippen molar-refractivity contribution in [2.45, 2.75) is 26.2 Å². The summed E-state index contributed by atoms with van der Waals surface area (Å²) in [6.45, 7) is 2.36. The standard InChI is InChI=1S/C12H16N6O2S/c1-2-3-7-11(21-18-17-7)12(20)14-5-4-9-15-8(13)6-10(19)16-9/h6H,2-5H2,1H3,(H,14,20)(H3,13,15,16,19). The van der Waals surface area contributed by atoms with E-state index in [-0.39, 0.29) is 17.3 Å². The Balaban J connectivity index is 1.92. The van der Waals surface area contributed by atoms with Crippen LogP contribution in [0.2, 0.25) is 0 Å². The van der Waals surface area contributed by atoms with E-state index in [1.54, 1.807) is 0 Å². The number of nitrogens with one attached hydrogen (secondary N) is 2. The van der Waals surface area contributed by atoms with E-state index < -0.39 is 0 Å². The molecule has 4 N–H and O–H groups in total. The second-order valence-corrected chi connectivity index (χ2v) is 5.18. The third-order valence-electron chi connectivity index (χ3n) is 2.71. The first-order chi connectivity index (χ1) is 10.1. The molecule has 0 aliphatic carbocycles. The van der Waals surface area contributed by atoms with Crippen molar-refractivity contribution in [3.63, 3.8) is 0 Å². The molecule has 2 heterocycles. The van der Waals surface area contributed by atoms with Gasteiger partial charge < -0.3 is 16.0 Å². The molecule has 112 valence electrons. The van der Waals surface area contributed by atoms with E-state index in [0.717, 1.165) is 30.1 Å². The number of carbonyl (C=O) groups is 1. The summed E-state index contributed by atoms with van der Waals surface area (Å²) >= 11 is 1.08. The first kappa shape index (κ1) is 15.1. The van der Waals surface area contributed by atoms with Gasteiger partial charge in [-0.05, 0) is 18.0 Å². The number of rotatable bonds is 6. The number of hydrogen-bond acceptors (Lipinski definition) is 7. The van der Waals surface area contributed by atoms with Crippen molar-refractivity contribution in [1.82, 2.24) is 24.9 Å². The number of aromatic nitrogens is 4. The second kappa shape index (κ2) is 6.93. The molecule has 9 heteroatoms. The maximum absolute atomic E-state index is 12.0. The average Bonchev–Trinajstić information content (AvgIpc) is 2.86. The molecule has 0 atom stereocenters. The first-order valence-electron chi connectivity index (χ1n) is 6.55.